The zero-order valence-electron chi connectivity index (χ0n) is 10.5. The molecule has 0 heterocycles. The Morgan fingerprint density at radius 3 is 2.06 bits per heavy atom. The maximum atomic E-state index is 10.3. The maximum absolute atomic E-state index is 10.3. The minimum atomic E-state index is 0.566. The van der Waals surface area contributed by atoms with Gasteiger partial charge in [-0.15, -0.1) is 0 Å². The third kappa shape index (κ3) is 3.37. The van der Waals surface area contributed by atoms with Crippen molar-refractivity contribution in [2.45, 2.75) is 19.3 Å². The van der Waals surface area contributed by atoms with Crippen LogP contribution in [0.4, 0.5) is 0 Å². The fourth-order valence-electron chi connectivity index (χ4n) is 1.67. The number of methoxy groups -OCH3 is 3. The van der Waals surface area contributed by atoms with E-state index in [1.807, 2.05) is 12.1 Å². The van der Waals surface area contributed by atoms with Gasteiger partial charge in [0.15, 0.2) is 11.5 Å². The average molecular weight is 238 g/mol. The van der Waals surface area contributed by atoms with Crippen molar-refractivity contribution in [1.82, 2.24) is 0 Å². The highest BCUT2D eigenvalue weighted by atomic mass is 16.5. The van der Waals surface area contributed by atoms with Crippen LogP contribution in [0.1, 0.15) is 18.4 Å². The van der Waals surface area contributed by atoms with E-state index in [1.54, 1.807) is 21.3 Å². The Kier molecular flexibility index (Phi) is 5.33. The van der Waals surface area contributed by atoms with Crippen molar-refractivity contribution < 1.29 is 19.0 Å². The van der Waals surface area contributed by atoms with Gasteiger partial charge in [0.25, 0.3) is 0 Å². The lowest BCUT2D eigenvalue weighted by molar-refractivity contribution is -0.107. The molecule has 0 amide bonds. The number of rotatable bonds is 7. The Bertz CT molecular complexity index is 349. The van der Waals surface area contributed by atoms with Gasteiger partial charge < -0.3 is 19.0 Å². The molecule has 94 valence electrons. The van der Waals surface area contributed by atoms with Crippen molar-refractivity contribution in [2.24, 2.45) is 0 Å². The van der Waals surface area contributed by atoms with Crippen molar-refractivity contribution in [2.75, 3.05) is 21.3 Å². The zero-order chi connectivity index (χ0) is 12.7. The molecule has 0 bridgehead atoms. The summed E-state index contributed by atoms with van der Waals surface area (Å²) in [6.07, 6.45) is 3.13. The van der Waals surface area contributed by atoms with E-state index in [1.165, 1.54) is 0 Å². The summed E-state index contributed by atoms with van der Waals surface area (Å²) in [4.78, 5) is 10.3. The molecule has 0 aliphatic heterocycles. The molecule has 0 saturated carbocycles. The summed E-state index contributed by atoms with van der Waals surface area (Å²) in [5.74, 6) is 1.88. The molecule has 1 aromatic rings. The molecule has 0 atom stereocenters. The molecule has 0 aliphatic rings. The lowest BCUT2D eigenvalue weighted by atomic mass is 10.1. The van der Waals surface area contributed by atoms with Crippen LogP contribution in [0.5, 0.6) is 17.2 Å². The van der Waals surface area contributed by atoms with E-state index in [2.05, 4.69) is 0 Å². The summed E-state index contributed by atoms with van der Waals surface area (Å²) in [5.41, 5.74) is 1.07. The summed E-state index contributed by atoms with van der Waals surface area (Å²) in [6.45, 7) is 0. The molecule has 1 rings (SSSR count). The highest BCUT2D eigenvalue weighted by Gasteiger charge is 2.12. The number of benzene rings is 1. The van der Waals surface area contributed by atoms with Gasteiger partial charge in [0.05, 0.1) is 21.3 Å². The lowest BCUT2D eigenvalue weighted by Crippen LogP contribution is -1.97. The first-order valence-corrected chi connectivity index (χ1v) is 5.49. The van der Waals surface area contributed by atoms with Crippen LogP contribution in [-0.4, -0.2) is 27.6 Å². The Morgan fingerprint density at radius 2 is 1.65 bits per heavy atom. The molecule has 0 N–H and O–H groups in total. The first kappa shape index (κ1) is 13.4. The second-order valence-electron chi connectivity index (χ2n) is 3.59. The SMILES string of the molecule is COc1cc(CCCC=O)cc(OC)c1OC. The third-order valence-electron chi connectivity index (χ3n) is 2.51. The van der Waals surface area contributed by atoms with Crippen molar-refractivity contribution >= 4 is 6.29 Å². The lowest BCUT2D eigenvalue weighted by Gasteiger charge is -2.13. The molecule has 0 unspecified atom stereocenters. The molecule has 1 aromatic carbocycles. The molecular weight excluding hydrogens is 220 g/mol. The number of unbranched alkanes of at least 4 members (excludes halogenated alkanes) is 1. The standard InChI is InChI=1S/C13H18O4/c1-15-11-8-10(6-4-5-7-14)9-12(16-2)13(11)17-3/h7-9H,4-6H2,1-3H3. The van der Waals surface area contributed by atoms with Crippen LogP contribution in [0.2, 0.25) is 0 Å². The third-order valence-corrected chi connectivity index (χ3v) is 2.51. The molecule has 0 aliphatic carbocycles. The summed E-state index contributed by atoms with van der Waals surface area (Å²) in [7, 11) is 4.76. The highest BCUT2D eigenvalue weighted by Crippen LogP contribution is 2.38. The predicted molar refractivity (Wildman–Crippen MR) is 65.1 cm³/mol. The first-order chi connectivity index (χ1) is 8.26. The van der Waals surface area contributed by atoms with Gasteiger partial charge in [0.2, 0.25) is 5.75 Å². The van der Waals surface area contributed by atoms with Gasteiger partial charge >= 0.3 is 0 Å². The topological polar surface area (TPSA) is 44.8 Å². The van der Waals surface area contributed by atoms with Crippen LogP contribution in [-0.2, 0) is 11.2 Å². The fraction of sp³-hybridized carbons (Fsp3) is 0.462. The molecule has 0 saturated heterocycles. The Labute approximate surface area is 101 Å². The van der Waals surface area contributed by atoms with E-state index in [0.29, 0.717) is 23.7 Å². The number of aldehydes is 1. The fourth-order valence-corrected chi connectivity index (χ4v) is 1.67. The summed E-state index contributed by atoms with van der Waals surface area (Å²) in [6, 6.07) is 3.82. The Morgan fingerprint density at radius 1 is 1.06 bits per heavy atom. The van der Waals surface area contributed by atoms with Crippen LogP contribution in [0.25, 0.3) is 0 Å². The van der Waals surface area contributed by atoms with Gasteiger partial charge in [-0.3, -0.25) is 0 Å². The average Bonchev–Trinajstić information content (AvgIpc) is 2.37. The number of carbonyl (C=O) groups is 1. The van der Waals surface area contributed by atoms with Crippen molar-refractivity contribution in [3.8, 4) is 17.2 Å². The number of hydrogen-bond acceptors (Lipinski definition) is 4. The molecule has 4 nitrogen and oxygen atoms in total. The summed E-state index contributed by atoms with van der Waals surface area (Å²) < 4.78 is 15.7. The van der Waals surface area contributed by atoms with E-state index in [9.17, 15) is 4.79 Å². The molecule has 0 aromatic heterocycles. The molecule has 0 fully saturated rings. The second kappa shape index (κ2) is 6.78. The van der Waals surface area contributed by atoms with Gasteiger partial charge in [0.1, 0.15) is 6.29 Å². The van der Waals surface area contributed by atoms with Crippen molar-refractivity contribution in [3.05, 3.63) is 17.7 Å². The highest BCUT2D eigenvalue weighted by molar-refractivity contribution is 5.54. The van der Waals surface area contributed by atoms with Gasteiger partial charge in [-0.25, -0.2) is 0 Å². The van der Waals surface area contributed by atoms with Gasteiger partial charge in [0, 0.05) is 6.42 Å². The van der Waals surface area contributed by atoms with E-state index in [4.69, 9.17) is 14.2 Å². The molecule has 17 heavy (non-hydrogen) atoms. The smallest absolute Gasteiger partial charge is 0.203 e. The number of ether oxygens (including phenoxy) is 3. The number of hydrogen-bond donors (Lipinski definition) is 0. The minimum absolute atomic E-state index is 0.566. The van der Waals surface area contributed by atoms with Crippen molar-refractivity contribution in [1.29, 1.82) is 0 Å². The maximum Gasteiger partial charge on any atom is 0.203 e. The number of carbonyl (C=O) groups excluding carboxylic acids is 1. The minimum Gasteiger partial charge on any atom is -0.493 e. The molecule has 4 heteroatoms. The van der Waals surface area contributed by atoms with Gasteiger partial charge in [-0.1, -0.05) is 0 Å². The van der Waals surface area contributed by atoms with Crippen LogP contribution < -0.4 is 14.2 Å². The van der Waals surface area contributed by atoms with Gasteiger partial charge in [-0.2, -0.15) is 0 Å². The van der Waals surface area contributed by atoms with E-state index in [0.717, 1.165) is 24.7 Å². The van der Waals surface area contributed by atoms with Crippen LogP contribution in [0.15, 0.2) is 12.1 Å². The number of aryl methyl sites for hydroxylation is 1. The van der Waals surface area contributed by atoms with Gasteiger partial charge in [-0.05, 0) is 30.5 Å². The molecule has 0 spiro atoms. The summed E-state index contributed by atoms with van der Waals surface area (Å²) in [5, 5.41) is 0. The molecule has 0 radical (unpaired) electrons. The predicted octanol–water partition coefficient (Wildman–Crippen LogP) is 2.23. The quantitative estimate of drug-likeness (QED) is 0.540. The zero-order valence-corrected chi connectivity index (χ0v) is 10.5. The van der Waals surface area contributed by atoms with Crippen molar-refractivity contribution in [3.63, 3.8) is 0 Å². The largest absolute Gasteiger partial charge is 0.493 e. The molecular formula is C13H18O4. The second-order valence-corrected chi connectivity index (χ2v) is 3.59. The Balaban J connectivity index is 2.96. The van der Waals surface area contributed by atoms with E-state index in [-0.39, 0.29) is 0 Å². The van der Waals surface area contributed by atoms with Crippen LogP contribution in [0.3, 0.4) is 0 Å². The van der Waals surface area contributed by atoms with Crippen LogP contribution in [0, 0.1) is 0 Å². The Hall–Kier alpha value is -1.71. The monoisotopic (exact) mass is 238 g/mol. The summed E-state index contributed by atoms with van der Waals surface area (Å²) >= 11 is 0. The first-order valence-electron chi connectivity index (χ1n) is 5.49. The normalized spacial score (nSPS) is 9.82. The van der Waals surface area contributed by atoms with Crippen LogP contribution >= 0.6 is 0 Å². The van der Waals surface area contributed by atoms with E-state index < -0.39 is 0 Å². The van der Waals surface area contributed by atoms with E-state index >= 15 is 0 Å².